The van der Waals surface area contributed by atoms with Crippen LogP contribution in [-0.2, 0) is 13.1 Å². The number of halogens is 1. The highest BCUT2D eigenvalue weighted by Crippen LogP contribution is 2.13. The molecule has 0 aliphatic rings. The largest absolute Gasteiger partial charge is 0.497 e. The molecular formula is C24H20FN5O4. The van der Waals surface area contributed by atoms with E-state index in [0.717, 1.165) is 14.8 Å². The molecule has 34 heavy (non-hydrogen) atoms. The van der Waals surface area contributed by atoms with Crippen LogP contribution in [0.25, 0.3) is 5.69 Å². The van der Waals surface area contributed by atoms with Crippen molar-refractivity contribution >= 4 is 5.91 Å². The van der Waals surface area contributed by atoms with Crippen LogP contribution in [0.2, 0.25) is 0 Å². The Kier molecular flexibility index (Phi) is 6.58. The lowest BCUT2D eigenvalue weighted by Crippen LogP contribution is -2.46. The van der Waals surface area contributed by atoms with Gasteiger partial charge in [0.15, 0.2) is 0 Å². The average molecular weight is 461 g/mol. The first-order valence-corrected chi connectivity index (χ1v) is 10.3. The number of carbonyl (C=O) groups is 1. The molecule has 2 aromatic heterocycles. The topological polar surface area (TPSA) is 108 Å². The van der Waals surface area contributed by atoms with Gasteiger partial charge in [-0.05, 0) is 48.0 Å². The lowest BCUT2D eigenvalue weighted by molar-refractivity contribution is 0.0941. The molecule has 0 radical (unpaired) electrons. The van der Waals surface area contributed by atoms with Crippen molar-refractivity contribution in [3.8, 4) is 11.4 Å². The monoisotopic (exact) mass is 461 g/mol. The van der Waals surface area contributed by atoms with Crippen LogP contribution in [0.1, 0.15) is 21.6 Å². The maximum absolute atomic E-state index is 14.3. The van der Waals surface area contributed by atoms with E-state index in [9.17, 15) is 18.8 Å². The van der Waals surface area contributed by atoms with Crippen molar-refractivity contribution in [1.82, 2.24) is 24.6 Å². The summed E-state index contributed by atoms with van der Waals surface area (Å²) in [6.07, 6.45) is 3.15. The molecule has 0 fully saturated rings. The summed E-state index contributed by atoms with van der Waals surface area (Å²) in [7, 11) is 1.50. The lowest BCUT2D eigenvalue weighted by atomic mass is 10.2. The molecule has 0 saturated carbocycles. The number of nitrogens with zero attached hydrogens (tertiary/aromatic N) is 4. The van der Waals surface area contributed by atoms with Crippen LogP contribution < -0.4 is 21.3 Å². The van der Waals surface area contributed by atoms with Gasteiger partial charge in [-0.25, -0.2) is 9.18 Å². The second-order valence-corrected chi connectivity index (χ2v) is 7.26. The molecule has 0 aliphatic carbocycles. The predicted molar refractivity (Wildman–Crippen MR) is 122 cm³/mol. The molecule has 0 bridgehead atoms. The van der Waals surface area contributed by atoms with E-state index in [0.29, 0.717) is 11.4 Å². The zero-order chi connectivity index (χ0) is 24.1. The van der Waals surface area contributed by atoms with Crippen LogP contribution in [0.15, 0.2) is 82.6 Å². The summed E-state index contributed by atoms with van der Waals surface area (Å²) in [5.74, 6) is -0.802. The minimum absolute atomic E-state index is 0.122. The maximum atomic E-state index is 14.3. The number of carbonyl (C=O) groups excluding carboxylic acids is 1. The third-order valence-corrected chi connectivity index (χ3v) is 5.08. The SMILES string of the molecule is COc1ccc(-n2nc(C(=O)NCc3ccncc3)c(=O)n(Cc3ccccc3F)c2=O)cc1. The van der Waals surface area contributed by atoms with E-state index in [1.165, 1.54) is 25.3 Å². The summed E-state index contributed by atoms with van der Waals surface area (Å²) < 4.78 is 21.1. The van der Waals surface area contributed by atoms with E-state index in [4.69, 9.17) is 4.74 Å². The molecule has 0 saturated heterocycles. The third kappa shape index (κ3) is 4.75. The van der Waals surface area contributed by atoms with Crippen molar-refractivity contribution < 1.29 is 13.9 Å². The van der Waals surface area contributed by atoms with Crippen molar-refractivity contribution in [2.75, 3.05) is 7.11 Å². The number of benzene rings is 2. The van der Waals surface area contributed by atoms with Crippen LogP contribution in [0, 0.1) is 5.82 Å². The predicted octanol–water partition coefficient (Wildman–Crippen LogP) is 1.92. The van der Waals surface area contributed by atoms with Crippen molar-refractivity contribution in [3.05, 3.63) is 117 Å². The summed E-state index contributed by atoms with van der Waals surface area (Å²) in [5.41, 5.74) is -1.05. The number of hydrogen-bond donors (Lipinski definition) is 1. The summed E-state index contributed by atoms with van der Waals surface area (Å²) >= 11 is 0. The second-order valence-electron chi connectivity index (χ2n) is 7.26. The van der Waals surface area contributed by atoms with Crippen LogP contribution in [0.4, 0.5) is 4.39 Å². The normalized spacial score (nSPS) is 10.6. The number of ether oxygens (including phenoxy) is 1. The highest BCUT2D eigenvalue weighted by molar-refractivity contribution is 5.91. The Labute approximate surface area is 193 Å². The molecular weight excluding hydrogens is 441 g/mol. The van der Waals surface area contributed by atoms with Gasteiger partial charge < -0.3 is 10.1 Å². The molecule has 2 heterocycles. The first kappa shape index (κ1) is 22.6. The maximum Gasteiger partial charge on any atom is 0.352 e. The molecule has 2 aromatic carbocycles. The summed E-state index contributed by atoms with van der Waals surface area (Å²) in [6.45, 7) is -0.245. The van der Waals surface area contributed by atoms with Crippen LogP contribution in [0.5, 0.6) is 5.75 Å². The Hall–Kier alpha value is -4.60. The second kappa shape index (κ2) is 9.90. The van der Waals surface area contributed by atoms with Gasteiger partial charge in [-0.3, -0.25) is 19.1 Å². The first-order chi connectivity index (χ1) is 16.5. The number of hydrogen-bond acceptors (Lipinski definition) is 6. The third-order valence-electron chi connectivity index (χ3n) is 5.08. The van der Waals surface area contributed by atoms with Gasteiger partial charge in [0.2, 0.25) is 5.69 Å². The van der Waals surface area contributed by atoms with Gasteiger partial charge in [0.05, 0.1) is 19.3 Å². The van der Waals surface area contributed by atoms with E-state index in [1.54, 1.807) is 54.9 Å². The molecule has 0 aliphatic heterocycles. The molecule has 10 heteroatoms. The quantitative estimate of drug-likeness (QED) is 0.451. The number of amides is 1. The molecule has 0 atom stereocenters. The van der Waals surface area contributed by atoms with E-state index >= 15 is 0 Å². The standard InChI is InChI=1S/C24H20FN5O4/c1-34-19-8-6-18(7-9-19)30-24(33)29(15-17-4-2-3-5-20(17)25)23(32)21(28-30)22(31)27-14-16-10-12-26-13-11-16/h2-13H,14-15H2,1H3,(H,27,31). The molecule has 1 N–H and O–H groups in total. The van der Waals surface area contributed by atoms with Crippen LogP contribution in [0.3, 0.4) is 0 Å². The molecule has 9 nitrogen and oxygen atoms in total. The van der Waals surface area contributed by atoms with Gasteiger partial charge in [-0.1, -0.05) is 18.2 Å². The Morgan fingerprint density at radius 3 is 2.41 bits per heavy atom. The van der Waals surface area contributed by atoms with Crippen molar-refractivity contribution in [2.45, 2.75) is 13.1 Å². The van der Waals surface area contributed by atoms with E-state index in [1.807, 2.05) is 0 Å². The molecule has 4 aromatic rings. The van der Waals surface area contributed by atoms with Gasteiger partial charge >= 0.3 is 5.69 Å². The van der Waals surface area contributed by atoms with Crippen molar-refractivity contribution in [2.24, 2.45) is 0 Å². The number of rotatable bonds is 7. The highest BCUT2D eigenvalue weighted by atomic mass is 19.1. The fourth-order valence-corrected chi connectivity index (χ4v) is 3.25. The van der Waals surface area contributed by atoms with Gasteiger partial charge in [-0.2, -0.15) is 9.78 Å². The van der Waals surface area contributed by atoms with Crippen LogP contribution >= 0.6 is 0 Å². The van der Waals surface area contributed by atoms with Gasteiger partial charge in [0.1, 0.15) is 11.6 Å². The average Bonchev–Trinajstić information content (AvgIpc) is 2.87. The summed E-state index contributed by atoms with van der Waals surface area (Å²) in [4.78, 5) is 43.1. The molecule has 0 unspecified atom stereocenters. The summed E-state index contributed by atoms with van der Waals surface area (Å²) in [5, 5.41) is 6.67. The molecule has 4 rings (SSSR count). The molecule has 1 amide bonds. The first-order valence-electron chi connectivity index (χ1n) is 10.3. The minimum Gasteiger partial charge on any atom is -0.497 e. The zero-order valence-corrected chi connectivity index (χ0v) is 18.1. The van der Waals surface area contributed by atoms with Crippen molar-refractivity contribution in [1.29, 1.82) is 0 Å². The Balaban J connectivity index is 1.79. The Morgan fingerprint density at radius 1 is 1.03 bits per heavy atom. The minimum atomic E-state index is -0.926. The van der Waals surface area contributed by atoms with E-state index in [2.05, 4.69) is 15.4 Å². The highest BCUT2D eigenvalue weighted by Gasteiger charge is 2.21. The smallest absolute Gasteiger partial charge is 0.352 e. The Bertz CT molecular complexity index is 1430. The number of nitrogens with one attached hydrogen (secondary N) is 1. The lowest BCUT2D eigenvalue weighted by Gasteiger charge is -2.13. The van der Waals surface area contributed by atoms with E-state index in [-0.39, 0.29) is 18.7 Å². The van der Waals surface area contributed by atoms with Crippen LogP contribution in [-0.4, -0.2) is 32.3 Å². The van der Waals surface area contributed by atoms with Gasteiger partial charge in [0, 0.05) is 24.5 Å². The number of methoxy groups -OCH3 is 1. The fourth-order valence-electron chi connectivity index (χ4n) is 3.25. The fraction of sp³-hybridized carbons (Fsp3) is 0.125. The Morgan fingerprint density at radius 2 is 1.74 bits per heavy atom. The number of pyridine rings is 1. The van der Waals surface area contributed by atoms with E-state index < -0.39 is 28.7 Å². The van der Waals surface area contributed by atoms with Crippen molar-refractivity contribution in [3.63, 3.8) is 0 Å². The molecule has 172 valence electrons. The zero-order valence-electron chi connectivity index (χ0n) is 18.1. The molecule has 0 spiro atoms. The van der Waals surface area contributed by atoms with Gasteiger partial charge in [-0.15, -0.1) is 0 Å². The number of aromatic nitrogens is 4. The summed E-state index contributed by atoms with van der Waals surface area (Å²) in [6, 6.07) is 15.5. The van der Waals surface area contributed by atoms with Gasteiger partial charge in [0.25, 0.3) is 11.5 Å².